The topological polar surface area (TPSA) is 91.8 Å². The molecule has 1 aromatic heterocycles. The van der Waals surface area contributed by atoms with Crippen molar-refractivity contribution in [2.24, 2.45) is 0 Å². The summed E-state index contributed by atoms with van der Waals surface area (Å²) in [6, 6.07) is 12.7. The second kappa shape index (κ2) is 10.9. The van der Waals surface area contributed by atoms with Gasteiger partial charge in [0.15, 0.2) is 0 Å². The van der Waals surface area contributed by atoms with Crippen LogP contribution in [0.2, 0.25) is 0 Å². The highest BCUT2D eigenvalue weighted by molar-refractivity contribution is 5.99. The molecule has 1 spiro atoms. The average Bonchev–Trinajstić information content (AvgIpc) is 3.30. The molecule has 0 unspecified atom stereocenters. The molecule has 0 saturated carbocycles. The Labute approximate surface area is 224 Å². The van der Waals surface area contributed by atoms with Gasteiger partial charge < -0.3 is 15.0 Å². The Balaban J connectivity index is 1.37. The Hall–Kier alpha value is -4.18. The maximum Gasteiger partial charge on any atom is 0.256 e. The summed E-state index contributed by atoms with van der Waals surface area (Å²) in [6.45, 7) is 2.45. The predicted octanol–water partition coefficient (Wildman–Crippen LogP) is 3.46. The van der Waals surface area contributed by atoms with Gasteiger partial charge in [-0.25, -0.2) is 8.78 Å². The van der Waals surface area contributed by atoms with Crippen LogP contribution in [0.1, 0.15) is 44.7 Å². The number of halogens is 2. The van der Waals surface area contributed by atoms with E-state index in [9.17, 15) is 23.2 Å². The first kappa shape index (κ1) is 26.4. The fourth-order valence-corrected chi connectivity index (χ4v) is 5.19. The van der Waals surface area contributed by atoms with Gasteiger partial charge in [-0.05, 0) is 42.8 Å². The van der Waals surface area contributed by atoms with Gasteiger partial charge >= 0.3 is 0 Å². The lowest BCUT2D eigenvalue weighted by molar-refractivity contribution is -0.128. The minimum absolute atomic E-state index is 0.00301. The zero-order valence-electron chi connectivity index (χ0n) is 21.4. The van der Waals surface area contributed by atoms with E-state index in [1.165, 1.54) is 9.80 Å². The molecule has 1 N–H and O–H groups in total. The molecule has 2 aliphatic heterocycles. The summed E-state index contributed by atoms with van der Waals surface area (Å²) in [6.07, 6.45) is 3.75. The molecule has 8 nitrogen and oxygen atoms in total. The molecule has 5 rings (SSSR count). The fraction of sp³-hybridized carbons (Fsp3) is 0.310. The highest BCUT2D eigenvalue weighted by atomic mass is 19.1. The summed E-state index contributed by atoms with van der Waals surface area (Å²) in [4.78, 5) is 47.2. The average molecular weight is 535 g/mol. The molecule has 0 bridgehead atoms. The maximum atomic E-state index is 14.3. The monoisotopic (exact) mass is 534 g/mol. The minimum atomic E-state index is -1.12. The molecule has 1 atom stereocenters. The number of piperidine rings is 1. The first-order valence-electron chi connectivity index (χ1n) is 12.7. The fourth-order valence-electron chi connectivity index (χ4n) is 5.19. The number of carbonyl (C=O) groups excluding carboxylic acids is 3. The van der Waals surface area contributed by atoms with Gasteiger partial charge in [-0.1, -0.05) is 23.8 Å². The molecular formula is C29H28F2N4O4. The van der Waals surface area contributed by atoms with E-state index in [1.807, 2.05) is 19.1 Å². The van der Waals surface area contributed by atoms with E-state index < -0.39 is 29.3 Å². The van der Waals surface area contributed by atoms with Gasteiger partial charge in [-0.2, -0.15) is 0 Å². The third kappa shape index (κ3) is 5.37. The van der Waals surface area contributed by atoms with Crippen LogP contribution < -0.4 is 5.32 Å². The van der Waals surface area contributed by atoms with Crippen molar-refractivity contribution in [2.75, 3.05) is 19.7 Å². The van der Waals surface area contributed by atoms with Gasteiger partial charge in [-0.3, -0.25) is 24.3 Å². The summed E-state index contributed by atoms with van der Waals surface area (Å²) >= 11 is 0. The van der Waals surface area contributed by atoms with Gasteiger partial charge in [0.25, 0.3) is 11.8 Å². The van der Waals surface area contributed by atoms with Gasteiger partial charge in [0.05, 0.1) is 12.2 Å². The van der Waals surface area contributed by atoms with Crippen LogP contribution in [0, 0.1) is 18.6 Å². The molecule has 0 aliphatic carbocycles. The van der Waals surface area contributed by atoms with Crippen molar-refractivity contribution in [2.45, 2.75) is 38.1 Å². The second-order valence-electron chi connectivity index (χ2n) is 9.81. The lowest BCUT2D eigenvalue weighted by Crippen LogP contribution is -2.59. The van der Waals surface area contributed by atoms with Crippen molar-refractivity contribution in [3.63, 3.8) is 0 Å². The molecule has 2 saturated heterocycles. The molecule has 39 heavy (non-hydrogen) atoms. The van der Waals surface area contributed by atoms with Crippen LogP contribution in [-0.4, -0.2) is 64.0 Å². The van der Waals surface area contributed by atoms with Crippen molar-refractivity contribution in [3.05, 3.63) is 101 Å². The number of likely N-dealkylation sites (tertiary alicyclic amines) is 1. The number of hydrogen-bond acceptors (Lipinski definition) is 5. The standard InChI is InChI=1S/C29H28F2N4O4/c1-19-4-2-6-21(14-19)27(37)35-25(26(36)33-17-20-5-3-11-32-16-20)18-39-29(35)9-12-34(13-10-29)28(38)23-8-7-22(30)15-24(23)31/h2-8,11,14-16,25H,9-10,12-13,17-18H2,1H3,(H,33,36)/t25-/m0/s1. The smallest absolute Gasteiger partial charge is 0.256 e. The quantitative estimate of drug-likeness (QED) is 0.542. The lowest BCUT2D eigenvalue weighted by atomic mass is 9.95. The van der Waals surface area contributed by atoms with Gasteiger partial charge in [0.2, 0.25) is 5.91 Å². The van der Waals surface area contributed by atoms with E-state index >= 15 is 0 Å². The molecule has 2 fully saturated rings. The van der Waals surface area contributed by atoms with Crippen LogP contribution in [0.15, 0.2) is 67.0 Å². The summed E-state index contributed by atoms with van der Waals surface area (Å²) in [5.74, 6) is -2.97. The molecule has 10 heteroatoms. The molecule has 202 valence electrons. The second-order valence-corrected chi connectivity index (χ2v) is 9.81. The van der Waals surface area contributed by atoms with E-state index in [2.05, 4.69) is 10.3 Å². The number of aromatic nitrogens is 1. The Kier molecular flexibility index (Phi) is 7.38. The molecule has 2 aromatic carbocycles. The van der Waals surface area contributed by atoms with E-state index in [0.29, 0.717) is 11.6 Å². The summed E-state index contributed by atoms with van der Waals surface area (Å²) in [5, 5.41) is 2.88. The first-order valence-corrected chi connectivity index (χ1v) is 12.7. The zero-order valence-corrected chi connectivity index (χ0v) is 21.4. The highest BCUT2D eigenvalue weighted by Crippen LogP contribution is 2.39. The van der Waals surface area contributed by atoms with Crippen LogP contribution in [0.4, 0.5) is 8.78 Å². The van der Waals surface area contributed by atoms with Crippen molar-refractivity contribution >= 4 is 17.7 Å². The molecule has 0 radical (unpaired) electrons. The number of ether oxygens (including phenoxy) is 1. The summed E-state index contributed by atoms with van der Waals surface area (Å²) in [7, 11) is 0. The van der Waals surface area contributed by atoms with Crippen LogP contribution in [0.3, 0.4) is 0 Å². The molecule has 3 aromatic rings. The number of rotatable bonds is 5. The Bertz CT molecular complexity index is 1390. The van der Waals surface area contributed by atoms with Crippen molar-refractivity contribution < 1.29 is 27.9 Å². The minimum Gasteiger partial charge on any atom is -0.353 e. The number of amides is 3. The number of benzene rings is 2. The third-order valence-corrected chi connectivity index (χ3v) is 7.23. The van der Waals surface area contributed by atoms with Crippen molar-refractivity contribution in [1.29, 1.82) is 0 Å². The van der Waals surface area contributed by atoms with E-state index in [-0.39, 0.29) is 56.5 Å². The maximum absolute atomic E-state index is 14.3. The number of pyridine rings is 1. The number of carbonyl (C=O) groups is 3. The number of nitrogens with one attached hydrogen (secondary N) is 1. The lowest BCUT2D eigenvalue weighted by Gasteiger charge is -2.44. The van der Waals surface area contributed by atoms with Gasteiger partial charge in [-0.15, -0.1) is 0 Å². The molecule has 3 amide bonds. The van der Waals surface area contributed by atoms with Gasteiger partial charge in [0.1, 0.15) is 23.4 Å². The first-order chi connectivity index (χ1) is 18.8. The highest BCUT2D eigenvalue weighted by Gasteiger charge is 2.54. The van der Waals surface area contributed by atoms with Crippen molar-refractivity contribution in [3.8, 4) is 0 Å². The van der Waals surface area contributed by atoms with Crippen LogP contribution in [-0.2, 0) is 16.1 Å². The number of hydrogen-bond donors (Lipinski definition) is 1. The van der Waals surface area contributed by atoms with Crippen LogP contribution in [0.5, 0.6) is 0 Å². The van der Waals surface area contributed by atoms with E-state index in [0.717, 1.165) is 23.3 Å². The van der Waals surface area contributed by atoms with Crippen LogP contribution in [0.25, 0.3) is 0 Å². The number of nitrogens with zero attached hydrogens (tertiary/aromatic N) is 3. The zero-order chi connectivity index (χ0) is 27.6. The summed E-state index contributed by atoms with van der Waals surface area (Å²) in [5.41, 5.74) is 0.803. The van der Waals surface area contributed by atoms with E-state index in [1.54, 1.807) is 36.7 Å². The van der Waals surface area contributed by atoms with Crippen LogP contribution >= 0.6 is 0 Å². The molecule has 3 heterocycles. The number of aryl methyl sites for hydroxylation is 1. The third-order valence-electron chi connectivity index (χ3n) is 7.23. The Morgan fingerprint density at radius 2 is 1.85 bits per heavy atom. The molecular weight excluding hydrogens is 506 g/mol. The molecule has 2 aliphatic rings. The Morgan fingerprint density at radius 1 is 1.05 bits per heavy atom. The van der Waals surface area contributed by atoms with Gasteiger partial charge in [0, 0.05) is 56.5 Å². The SMILES string of the molecule is Cc1cccc(C(=O)N2[C@H](C(=O)NCc3cccnc3)COC23CCN(C(=O)c2ccc(F)cc2F)CC3)c1. The van der Waals surface area contributed by atoms with Crippen molar-refractivity contribution in [1.82, 2.24) is 20.1 Å². The normalized spacial score (nSPS) is 18.3. The summed E-state index contributed by atoms with van der Waals surface area (Å²) < 4.78 is 33.8. The largest absolute Gasteiger partial charge is 0.353 e. The predicted molar refractivity (Wildman–Crippen MR) is 137 cm³/mol. The Morgan fingerprint density at radius 3 is 2.54 bits per heavy atom. The van der Waals surface area contributed by atoms with E-state index in [4.69, 9.17) is 4.74 Å².